The molecule has 0 amide bonds. The van der Waals surface area contributed by atoms with E-state index in [4.69, 9.17) is 5.11 Å². The molecule has 0 aliphatic carbocycles. The summed E-state index contributed by atoms with van der Waals surface area (Å²) in [6, 6.07) is 0. The van der Waals surface area contributed by atoms with E-state index in [1.807, 2.05) is 0 Å². The SMILES string of the molecule is CC(O)C=CS(C)(=O)=O. The van der Waals surface area contributed by atoms with Gasteiger partial charge in [-0.15, -0.1) is 0 Å². The van der Waals surface area contributed by atoms with Crippen molar-refractivity contribution in [3.63, 3.8) is 0 Å². The minimum Gasteiger partial charge on any atom is -0.389 e. The van der Waals surface area contributed by atoms with E-state index in [9.17, 15) is 8.42 Å². The van der Waals surface area contributed by atoms with Crippen molar-refractivity contribution < 1.29 is 13.5 Å². The average molecular weight is 150 g/mol. The third-order valence-corrected chi connectivity index (χ3v) is 1.26. The van der Waals surface area contributed by atoms with E-state index in [0.29, 0.717) is 0 Å². The average Bonchev–Trinajstić information content (AvgIpc) is 1.59. The van der Waals surface area contributed by atoms with Crippen LogP contribution >= 0.6 is 0 Å². The van der Waals surface area contributed by atoms with Crippen molar-refractivity contribution in [3.05, 3.63) is 11.5 Å². The van der Waals surface area contributed by atoms with Crippen LogP contribution in [0.2, 0.25) is 0 Å². The lowest BCUT2D eigenvalue weighted by molar-refractivity contribution is 0.244. The summed E-state index contributed by atoms with van der Waals surface area (Å²) in [6.45, 7) is 1.49. The van der Waals surface area contributed by atoms with E-state index in [2.05, 4.69) is 0 Å². The molecule has 0 rings (SSSR count). The molecule has 1 N–H and O–H groups in total. The normalized spacial score (nSPS) is 16.3. The molecule has 1 unspecified atom stereocenters. The van der Waals surface area contributed by atoms with Gasteiger partial charge in [0.2, 0.25) is 0 Å². The van der Waals surface area contributed by atoms with Gasteiger partial charge in [-0.05, 0) is 13.0 Å². The summed E-state index contributed by atoms with van der Waals surface area (Å²) in [5.74, 6) is 0. The van der Waals surface area contributed by atoms with Crippen LogP contribution in [0.1, 0.15) is 6.92 Å². The lowest BCUT2D eigenvalue weighted by Crippen LogP contribution is -1.95. The predicted molar refractivity (Wildman–Crippen MR) is 35.7 cm³/mol. The van der Waals surface area contributed by atoms with E-state index in [0.717, 1.165) is 11.7 Å². The second-order valence-electron chi connectivity index (χ2n) is 1.90. The predicted octanol–water partition coefficient (Wildman–Crippen LogP) is -0.0745. The summed E-state index contributed by atoms with van der Waals surface area (Å²) in [6.07, 6.45) is 1.60. The van der Waals surface area contributed by atoms with Crippen molar-refractivity contribution >= 4 is 9.84 Å². The second-order valence-corrected chi connectivity index (χ2v) is 3.83. The molecule has 0 fully saturated rings. The Bertz CT molecular complexity index is 188. The number of hydrogen-bond donors (Lipinski definition) is 1. The third kappa shape index (κ3) is 7.65. The molecule has 0 saturated heterocycles. The van der Waals surface area contributed by atoms with Crippen LogP contribution in [0.4, 0.5) is 0 Å². The first-order valence-electron chi connectivity index (χ1n) is 2.48. The molecule has 3 nitrogen and oxygen atoms in total. The maximum atomic E-state index is 10.3. The number of sulfone groups is 1. The van der Waals surface area contributed by atoms with Crippen molar-refractivity contribution in [1.29, 1.82) is 0 Å². The number of hydrogen-bond acceptors (Lipinski definition) is 3. The van der Waals surface area contributed by atoms with Crippen molar-refractivity contribution in [2.45, 2.75) is 13.0 Å². The molecule has 0 saturated carbocycles. The second kappa shape index (κ2) is 2.98. The van der Waals surface area contributed by atoms with Gasteiger partial charge in [-0.1, -0.05) is 0 Å². The van der Waals surface area contributed by atoms with Crippen LogP contribution in [0, 0.1) is 0 Å². The summed E-state index contributed by atoms with van der Waals surface area (Å²) in [7, 11) is -3.06. The highest BCUT2D eigenvalue weighted by molar-refractivity contribution is 7.93. The van der Waals surface area contributed by atoms with Crippen LogP contribution in [0.15, 0.2) is 11.5 Å². The molecular formula is C5H10O3S. The summed E-state index contributed by atoms with van der Waals surface area (Å²) in [5, 5.41) is 9.55. The van der Waals surface area contributed by atoms with Gasteiger partial charge in [-0.25, -0.2) is 8.42 Å². The van der Waals surface area contributed by atoms with Crippen molar-refractivity contribution in [2.75, 3.05) is 6.26 Å². The van der Waals surface area contributed by atoms with Gasteiger partial charge in [0.1, 0.15) is 0 Å². The minimum atomic E-state index is -3.06. The summed E-state index contributed by atoms with van der Waals surface area (Å²) in [5.41, 5.74) is 0. The Balaban J connectivity index is 4.03. The standard InChI is InChI=1S/C5H10O3S/c1-5(6)3-4-9(2,7)8/h3-6H,1-2H3. The first kappa shape index (κ1) is 8.65. The Morgan fingerprint density at radius 2 is 2.00 bits per heavy atom. The van der Waals surface area contributed by atoms with Crippen LogP contribution in [-0.2, 0) is 9.84 Å². The Kier molecular flexibility index (Phi) is 2.87. The topological polar surface area (TPSA) is 54.4 Å². The van der Waals surface area contributed by atoms with Crippen LogP contribution < -0.4 is 0 Å². The molecule has 0 aromatic carbocycles. The zero-order chi connectivity index (χ0) is 7.49. The number of aliphatic hydroxyl groups excluding tert-OH is 1. The molecule has 0 bridgehead atoms. The fraction of sp³-hybridized carbons (Fsp3) is 0.600. The minimum absolute atomic E-state index is 0.695. The molecule has 0 heterocycles. The lowest BCUT2D eigenvalue weighted by atomic mass is 10.4. The molecule has 4 heteroatoms. The quantitative estimate of drug-likeness (QED) is 0.599. The summed E-state index contributed by atoms with van der Waals surface area (Å²) >= 11 is 0. The van der Waals surface area contributed by atoms with Gasteiger partial charge in [0.05, 0.1) is 6.10 Å². The fourth-order valence-electron chi connectivity index (χ4n) is 0.256. The van der Waals surface area contributed by atoms with Gasteiger partial charge >= 0.3 is 0 Å². The maximum Gasteiger partial charge on any atom is 0.168 e. The molecule has 9 heavy (non-hydrogen) atoms. The Morgan fingerprint density at radius 3 is 2.11 bits per heavy atom. The van der Waals surface area contributed by atoms with E-state index >= 15 is 0 Å². The Hall–Kier alpha value is -0.350. The zero-order valence-electron chi connectivity index (χ0n) is 5.40. The lowest BCUT2D eigenvalue weighted by Gasteiger charge is -1.90. The van der Waals surface area contributed by atoms with Gasteiger partial charge in [0.15, 0.2) is 9.84 Å². The third-order valence-electron chi connectivity index (χ3n) is 0.604. The van der Waals surface area contributed by atoms with Crippen LogP contribution in [0.25, 0.3) is 0 Å². The first-order chi connectivity index (χ1) is 3.92. The van der Waals surface area contributed by atoms with Gasteiger partial charge in [0.25, 0.3) is 0 Å². The molecule has 1 atom stereocenters. The van der Waals surface area contributed by atoms with Gasteiger partial charge in [-0.3, -0.25) is 0 Å². The molecule has 54 valence electrons. The Labute approximate surface area is 54.9 Å². The zero-order valence-corrected chi connectivity index (χ0v) is 6.22. The highest BCUT2D eigenvalue weighted by Gasteiger charge is 1.93. The van der Waals surface area contributed by atoms with E-state index in [1.54, 1.807) is 0 Å². The first-order valence-corrected chi connectivity index (χ1v) is 4.43. The Morgan fingerprint density at radius 1 is 1.56 bits per heavy atom. The molecular weight excluding hydrogens is 140 g/mol. The van der Waals surface area contributed by atoms with Crippen molar-refractivity contribution in [3.8, 4) is 0 Å². The number of aliphatic hydroxyl groups is 1. The van der Waals surface area contributed by atoms with Gasteiger partial charge in [0, 0.05) is 11.7 Å². The molecule has 0 aromatic heterocycles. The molecule has 0 aliphatic rings. The monoisotopic (exact) mass is 150 g/mol. The highest BCUT2D eigenvalue weighted by Crippen LogP contribution is 1.88. The number of rotatable bonds is 2. The summed E-state index contributed by atoms with van der Waals surface area (Å²) < 4.78 is 20.7. The summed E-state index contributed by atoms with van der Waals surface area (Å²) in [4.78, 5) is 0. The van der Waals surface area contributed by atoms with E-state index in [1.165, 1.54) is 13.0 Å². The largest absolute Gasteiger partial charge is 0.389 e. The maximum absolute atomic E-state index is 10.3. The van der Waals surface area contributed by atoms with E-state index < -0.39 is 15.9 Å². The van der Waals surface area contributed by atoms with E-state index in [-0.39, 0.29) is 0 Å². The van der Waals surface area contributed by atoms with Gasteiger partial charge in [-0.2, -0.15) is 0 Å². The molecule has 0 aromatic rings. The van der Waals surface area contributed by atoms with Crippen LogP contribution in [0.5, 0.6) is 0 Å². The smallest absolute Gasteiger partial charge is 0.168 e. The van der Waals surface area contributed by atoms with Crippen LogP contribution in [-0.4, -0.2) is 25.9 Å². The molecule has 0 spiro atoms. The van der Waals surface area contributed by atoms with Crippen molar-refractivity contribution in [1.82, 2.24) is 0 Å². The van der Waals surface area contributed by atoms with Crippen LogP contribution in [0.3, 0.4) is 0 Å². The molecule has 0 radical (unpaired) electrons. The molecule has 0 aliphatic heterocycles. The fourth-order valence-corrected chi connectivity index (χ4v) is 0.769. The highest BCUT2D eigenvalue weighted by atomic mass is 32.2. The van der Waals surface area contributed by atoms with Gasteiger partial charge < -0.3 is 5.11 Å². The van der Waals surface area contributed by atoms with Crippen molar-refractivity contribution in [2.24, 2.45) is 0 Å².